The summed E-state index contributed by atoms with van der Waals surface area (Å²) in [5, 5.41) is 3.27. The van der Waals surface area contributed by atoms with Gasteiger partial charge in [0.05, 0.1) is 13.7 Å². The lowest BCUT2D eigenvalue weighted by molar-refractivity contribution is -0.198. The number of piperidine rings is 1. The summed E-state index contributed by atoms with van der Waals surface area (Å²) in [5.74, 6) is 0.365. The van der Waals surface area contributed by atoms with Gasteiger partial charge < -0.3 is 30.2 Å². The van der Waals surface area contributed by atoms with E-state index in [2.05, 4.69) is 15.3 Å². The number of halogens is 3. The minimum absolute atomic E-state index is 0.0513. The molecule has 2 fully saturated rings. The van der Waals surface area contributed by atoms with Crippen LogP contribution in [0.2, 0.25) is 0 Å². The molecule has 0 aliphatic carbocycles. The standard InChI is InChI=1S/C30H34F3N5O4/c1-3-41-27(39)23-17-29(18-35-23)11-13-38(14-12-29)24-16-25(37-28(34)36-24)42-26(30(31,32)33)20-9-7-19(8-10-20)21-5-4-6-22(15-21)40-2/h4-10,15-16,23,26,35H,3,11-14,17-18H2,1-2H3,(H2,34,36,37)/t23-,26+/m0/s1. The highest BCUT2D eigenvalue weighted by atomic mass is 19.4. The fourth-order valence-corrected chi connectivity index (χ4v) is 5.67. The molecule has 2 saturated heterocycles. The number of esters is 1. The number of nitrogens with zero attached hydrogens (tertiary/aromatic N) is 3. The van der Waals surface area contributed by atoms with E-state index in [0.717, 1.165) is 24.0 Å². The zero-order chi connectivity index (χ0) is 29.9. The summed E-state index contributed by atoms with van der Waals surface area (Å²) in [5.41, 5.74) is 7.34. The van der Waals surface area contributed by atoms with Gasteiger partial charge in [0.2, 0.25) is 17.9 Å². The first kappa shape index (κ1) is 29.4. The zero-order valence-corrected chi connectivity index (χ0v) is 23.5. The van der Waals surface area contributed by atoms with E-state index < -0.39 is 12.3 Å². The van der Waals surface area contributed by atoms with Crippen molar-refractivity contribution >= 4 is 17.7 Å². The third-order valence-corrected chi connectivity index (χ3v) is 7.94. The van der Waals surface area contributed by atoms with Crippen molar-refractivity contribution in [2.45, 2.75) is 44.5 Å². The average molecular weight is 586 g/mol. The van der Waals surface area contributed by atoms with Gasteiger partial charge in [0, 0.05) is 31.3 Å². The number of benzene rings is 2. The first-order valence-corrected chi connectivity index (χ1v) is 13.9. The molecule has 224 valence electrons. The molecule has 2 atom stereocenters. The molecule has 0 unspecified atom stereocenters. The molecule has 12 heteroatoms. The largest absolute Gasteiger partial charge is 0.497 e. The Morgan fingerprint density at radius 3 is 2.52 bits per heavy atom. The number of aromatic nitrogens is 2. The first-order chi connectivity index (χ1) is 20.1. The Hall–Kier alpha value is -4.06. The van der Waals surface area contributed by atoms with Crippen LogP contribution in [0, 0.1) is 5.41 Å². The van der Waals surface area contributed by atoms with Crippen molar-refractivity contribution in [1.29, 1.82) is 0 Å². The lowest BCUT2D eigenvalue weighted by Gasteiger charge is -2.39. The fourth-order valence-electron chi connectivity index (χ4n) is 5.67. The number of nitrogens with one attached hydrogen (secondary N) is 1. The van der Waals surface area contributed by atoms with Gasteiger partial charge in [0.25, 0.3) is 0 Å². The Kier molecular flexibility index (Phi) is 8.44. The molecule has 0 radical (unpaired) electrons. The maximum absolute atomic E-state index is 14.2. The number of nitrogens with two attached hydrogens (primary N) is 1. The molecule has 5 rings (SSSR count). The van der Waals surface area contributed by atoms with Crippen LogP contribution in [0.15, 0.2) is 54.6 Å². The van der Waals surface area contributed by atoms with Crippen molar-refractivity contribution in [3.63, 3.8) is 0 Å². The van der Waals surface area contributed by atoms with Crippen LogP contribution in [0.1, 0.15) is 37.9 Å². The second kappa shape index (κ2) is 12.0. The van der Waals surface area contributed by atoms with Crippen molar-refractivity contribution < 1.29 is 32.2 Å². The van der Waals surface area contributed by atoms with E-state index in [1.807, 2.05) is 23.1 Å². The molecule has 3 N–H and O–H groups in total. The zero-order valence-electron chi connectivity index (χ0n) is 23.5. The average Bonchev–Trinajstić information content (AvgIpc) is 3.39. The van der Waals surface area contributed by atoms with Crippen LogP contribution in [0.5, 0.6) is 11.6 Å². The number of anilines is 2. The highest BCUT2D eigenvalue weighted by Gasteiger charge is 2.45. The number of carbonyl (C=O) groups is 1. The predicted octanol–water partition coefficient (Wildman–Crippen LogP) is 4.93. The molecule has 1 spiro atoms. The van der Waals surface area contributed by atoms with Gasteiger partial charge in [-0.2, -0.15) is 23.1 Å². The Morgan fingerprint density at radius 2 is 1.86 bits per heavy atom. The molecular formula is C30H34F3N5O4. The summed E-state index contributed by atoms with van der Waals surface area (Å²) in [6, 6.07) is 14.3. The molecule has 2 aliphatic heterocycles. The number of carbonyl (C=O) groups excluding carboxylic acids is 1. The number of rotatable bonds is 8. The minimum atomic E-state index is -4.71. The summed E-state index contributed by atoms with van der Waals surface area (Å²) >= 11 is 0. The quantitative estimate of drug-likeness (QED) is 0.356. The Bertz CT molecular complexity index is 1390. The van der Waals surface area contributed by atoms with Gasteiger partial charge in [-0.25, -0.2) is 0 Å². The molecule has 0 bridgehead atoms. The second-order valence-electron chi connectivity index (χ2n) is 10.7. The predicted molar refractivity (Wildman–Crippen MR) is 151 cm³/mol. The third kappa shape index (κ3) is 6.53. The van der Waals surface area contributed by atoms with Crippen LogP contribution in [-0.4, -0.2) is 61.5 Å². The van der Waals surface area contributed by atoms with Gasteiger partial charge in [-0.3, -0.25) is 4.79 Å². The SMILES string of the molecule is CCOC(=O)[C@@H]1CC2(CCN(c3cc(O[C@H](c4ccc(-c5cccc(OC)c5)cc4)C(F)(F)F)nc(N)n3)CC2)CN1. The molecule has 1 aromatic heterocycles. The number of hydrogen-bond acceptors (Lipinski definition) is 9. The molecule has 42 heavy (non-hydrogen) atoms. The summed E-state index contributed by atoms with van der Waals surface area (Å²) in [6.07, 6.45) is -4.72. The van der Waals surface area contributed by atoms with Crippen LogP contribution < -0.4 is 25.4 Å². The number of nitrogen functional groups attached to an aromatic ring is 1. The van der Waals surface area contributed by atoms with E-state index in [9.17, 15) is 18.0 Å². The molecule has 2 aliphatic rings. The van der Waals surface area contributed by atoms with Gasteiger partial charge in [-0.1, -0.05) is 36.4 Å². The van der Waals surface area contributed by atoms with E-state index in [0.29, 0.717) is 44.2 Å². The normalized spacial score (nSPS) is 19.0. The van der Waals surface area contributed by atoms with E-state index in [1.54, 1.807) is 32.2 Å². The van der Waals surface area contributed by atoms with E-state index in [4.69, 9.17) is 19.9 Å². The number of ether oxygens (including phenoxy) is 3. The molecule has 3 aromatic rings. The van der Waals surface area contributed by atoms with Gasteiger partial charge in [0.1, 0.15) is 17.6 Å². The summed E-state index contributed by atoms with van der Waals surface area (Å²) in [4.78, 5) is 22.4. The minimum Gasteiger partial charge on any atom is -0.497 e. The molecule has 0 amide bonds. The molecule has 3 heterocycles. The molecule has 2 aromatic carbocycles. The molecular weight excluding hydrogens is 551 g/mol. The lowest BCUT2D eigenvalue weighted by atomic mass is 9.76. The summed E-state index contributed by atoms with van der Waals surface area (Å²) in [7, 11) is 1.55. The third-order valence-electron chi connectivity index (χ3n) is 7.94. The second-order valence-corrected chi connectivity index (χ2v) is 10.7. The van der Waals surface area contributed by atoms with Gasteiger partial charge >= 0.3 is 12.1 Å². The van der Waals surface area contributed by atoms with Crippen LogP contribution in [0.4, 0.5) is 24.9 Å². The molecule has 9 nitrogen and oxygen atoms in total. The number of methoxy groups -OCH3 is 1. The Morgan fingerprint density at radius 1 is 1.12 bits per heavy atom. The van der Waals surface area contributed by atoms with Crippen LogP contribution in [-0.2, 0) is 9.53 Å². The van der Waals surface area contributed by atoms with Crippen molar-refractivity contribution in [2.75, 3.05) is 44.0 Å². The summed E-state index contributed by atoms with van der Waals surface area (Å²) < 4.78 is 58.5. The number of hydrogen-bond donors (Lipinski definition) is 2. The first-order valence-electron chi connectivity index (χ1n) is 13.9. The van der Waals surface area contributed by atoms with Gasteiger partial charge in [-0.05, 0) is 54.9 Å². The van der Waals surface area contributed by atoms with E-state index in [1.165, 1.54) is 18.2 Å². The van der Waals surface area contributed by atoms with Crippen LogP contribution in [0.3, 0.4) is 0 Å². The lowest BCUT2D eigenvalue weighted by Crippen LogP contribution is -2.41. The van der Waals surface area contributed by atoms with Crippen molar-refractivity contribution in [2.24, 2.45) is 5.41 Å². The number of alkyl halides is 3. The van der Waals surface area contributed by atoms with E-state index in [-0.39, 0.29) is 34.8 Å². The maximum Gasteiger partial charge on any atom is 0.429 e. The van der Waals surface area contributed by atoms with Crippen LogP contribution in [0.25, 0.3) is 11.1 Å². The van der Waals surface area contributed by atoms with Crippen molar-refractivity contribution in [3.8, 4) is 22.8 Å². The van der Waals surface area contributed by atoms with Gasteiger partial charge in [0.15, 0.2) is 0 Å². The topological polar surface area (TPSA) is 112 Å². The van der Waals surface area contributed by atoms with Crippen molar-refractivity contribution in [3.05, 3.63) is 60.2 Å². The highest BCUT2D eigenvalue weighted by Crippen LogP contribution is 2.42. The Balaban J connectivity index is 1.29. The van der Waals surface area contributed by atoms with Crippen molar-refractivity contribution in [1.82, 2.24) is 15.3 Å². The smallest absolute Gasteiger partial charge is 0.429 e. The highest BCUT2D eigenvalue weighted by molar-refractivity contribution is 5.76. The van der Waals surface area contributed by atoms with E-state index >= 15 is 0 Å². The summed E-state index contributed by atoms with van der Waals surface area (Å²) in [6.45, 7) is 4.02. The Labute approximate surface area is 242 Å². The maximum atomic E-state index is 14.2. The van der Waals surface area contributed by atoms with Crippen LogP contribution >= 0.6 is 0 Å². The molecule has 0 saturated carbocycles. The fraction of sp³-hybridized carbons (Fsp3) is 0.433. The van der Waals surface area contributed by atoms with Gasteiger partial charge in [-0.15, -0.1) is 0 Å². The monoisotopic (exact) mass is 585 g/mol.